The van der Waals surface area contributed by atoms with Gasteiger partial charge in [0.25, 0.3) is 0 Å². The summed E-state index contributed by atoms with van der Waals surface area (Å²) in [5.74, 6) is 0.973. The normalized spacial score (nSPS) is 10.7. The van der Waals surface area contributed by atoms with Gasteiger partial charge < -0.3 is 5.32 Å². The lowest BCUT2D eigenvalue weighted by Gasteiger charge is -2.07. The summed E-state index contributed by atoms with van der Waals surface area (Å²) in [7, 11) is 0. The minimum Gasteiger partial charge on any atom is -0.370 e. The first kappa shape index (κ1) is 10.9. The number of pyridine rings is 1. The Kier molecular flexibility index (Phi) is 3.09. The predicted molar refractivity (Wildman–Crippen MR) is 70.0 cm³/mol. The van der Waals surface area contributed by atoms with Gasteiger partial charge in [-0.1, -0.05) is 18.6 Å². The maximum absolute atomic E-state index is 4.64. The van der Waals surface area contributed by atoms with E-state index in [2.05, 4.69) is 55.3 Å². The molecule has 0 bridgehead atoms. The van der Waals surface area contributed by atoms with Crippen LogP contribution in [0.1, 0.15) is 24.5 Å². The lowest BCUT2D eigenvalue weighted by Crippen LogP contribution is -2.01. The van der Waals surface area contributed by atoms with E-state index in [0.29, 0.717) is 0 Å². The van der Waals surface area contributed by atoms with E-state index in [1.807, 2.05) is 0 Å². The Morgan fingerprint density at radius 3 is 2.75 bits per heavy atom. The molecule has 1 aromatic carbocycles. The third-order valence-electron chi connectivity index (χ3n) is 2.68. The first-order valence-corrected chi connectivity index (χ1v) is 5.82. The topological polar surface area (TPSA) is 24.9 Å². The van der Waals surface area contributed by atoms with Crippen LogP contribution in [0.3, 0.4) is 0 Å². The van der Waals surface area contributed by atoms with Gasteiger partial charge in [-0.3, -0.25) is 0 Å². The lowest BCUT2D eigenvalue weighted by molar-refractivity contribution is 0.971. The van der Waals surface area contributed by atoms with Gasteiger partial charge in [-0.05, 0) is 44.0 Å². The molecule has 0 radical (unpaired) electrons. The smallest absolute Gasteiger partial charge is 0.126 e. The number of hydrogen-bond donors (Lipinski definition) is 1. The third kappa shape index (κ3) is 2.16. The second-order valence-electron chi connectivity index (χ2n) is 4.28. The Bertz CT molecular complexity index is 503. The predicted octanol–water partition coefficient (Wildman–Crippen LogP) is 3.67. The summed E-state index contributed by atoms with van der Waals surface area (Å²) in [4.78, 5) is 4.64. The summed E-state index contributed by atoms with van der Waals surface area (Å²) >= 11 is 0. The van der Waals surface area contributed by atoms with E-state index in [1.54, 1.807) is 0 Å². The van der Waals surface area contributed by atoms with Gasteiger partial charge in [0.1, 0.15) is 5.82 Å². The van der Waals surface area contributed by atoms with Crippen molar-refractivity contribution >= 4 is 16.7 Å². The minimum atomic E-state index is 0.973. The summed E-state index contributed by atoms with van der Waals surface area (Å²) < 4.78 is 0. The standard InChI is InChI=1S/C14H18N2/c1-4-7-15-13-6-5-12-9-10(2)8-11(3)14(12)16-13/h5-6,8-9H,4,7H2,1-3H3,(H,15,16). The average Bonchev–Trinajstić information content (AvgIpc) is 2.26. The zero-order valence-corrected chi connectivity index (χ0v) is 10.2. The second-order valence-corrected chi connectivity index (χ2v) is 4.28. The Morgan fingerprint density at radius 1 is 1.19 bits per heavy atom. The molecular weight excluding hydrogens is 196 g/mol. The van der Waals surface area contributed by atoms with Crippen LogP contribution in [0, 0.1) is 13.8 Å². The van der Waals surface area contributed by atoms with E-state index in [0.717, 1.165) is 24.3 Å². The van der Waals surface area contributed by atoms with Crippen LogP contribution in [0.4, 0.5) is 5.82 Å². The molecule has 0 unspecified atom stereocenters. The number of aryl methyl sites for hydroxylation is 2. The number of fused-ring (bicyclic) bond motifs is 1. The van der Waals surface area contributed by atoms with Crippen LogP contribution in [0.2, 0.25) is 0 Å². The van der Waals surface area contributed by atoms with Gasteiger partial charge in [0, 0.05) is 11.9 Å². The molecule has 0 amide bonds. The van der Waals surface area contributed by atoms with Crippen LogP contribution >= 0.6 is 0 Å². The molecule has 2 nitrogen and oxygen atoms in total. The lowest BCUT2D eigenvalue weighted by atomic mass is 10.1. The van der Waals surface area contributed by atoms with Crippen LogP contribution < -0.4 is 5.32 Å². The molecule has 0 spiro atoms. The number of hydrogen-bond acceptors (Lipinski definition) is 2. The Hall–Kier alpha value is -1.57. The molecule has 0 saturated heterocycles. The molecule has 1 aromatic heterocycles. The van der Waals surface area contributed by atoms with Crippen LogP contribution in [-0.2, 0) is 0 Å². The van der Waals surface area contributed by atoms with Gasteiger partial charge in [-0.2, -0.15) is 0 Å². The quantitative estimate of drug-likeness (QED) is 0.843. The van der Waals surface area contributed by atoms with Crippen molar-refractivity contribution in [1.82, 2.24) is 4.98 Å². The Morgan fingerprint density at radius 2 is 2.00 bits per heavy atom. The summed E-state index contributed by atoms with van der Waals surface area (Å²) in [5.41, 5.74) is 3.64. The Balaban J connectivity index is 2.45. The van der Waals surface area contributed by atoms with E-state index in [-0.39, 0.29) is 0 Å². The molecule has 1 heterocycles. The van der Waals surface area contributed by atoms with Crippen molar-refractivity contribution in [3.05, 3.63) is 35.4 Å². The number of nitrogens with one attached hydrogen (secondary N) is 1. The molecule has 84 valence electrons. The molecule has 1 N–H and O–H groups in total. The zero-order chi connectivity index (χ0) is 11.5. The van der Waals surface area contributed by atoms with Gasteiger partial charge in [0.05, 0.1) is 5.52 Å². The zero-order valence-electron chi connectivity index (χ0n) is 10.2. The molecular formula is C14H18N2. The van der Waals surface area contributed by atoms with Crippen molar-refractivity contribution in [2.75, 3.05) is 11.9 Å². The fourth-order valence-electron chi connectivity index (χ4n) is 1.95. The third-order valence-corrected chi connectivity index (χ3v) is 2.68. The molecule has 2 aromatic rings. The maximum atomic E-state index is 4.64. The second kappa shape index (κ2) is 4.52. The van der Waals surface area contributed by atoms with Crippen LogP contribution in [-0.4, -0.2) is 11.5 Å². The molecule has 0 aliphatic carbocycles. The van der Waals surface area contributed by atoms with Crippen molar-refractivity contribution in [1.29, 1.82) is 0 Å². The van der Waals surface area contributed by atoms with E-state index >= 15 is 0 Å². The molecule has 0 aliphatic rings. The average molecular weight is 214 g/mol. The molecule has 0 atom stereocenters. The molecule has 0 aliphatic heterocycles. The van der Waals surface area contributed by atoms with Crippen molar-refractivity contribution < 1.29 is 0 Å². The number of anilines is 1. The van der Waals surface area contributed by atoms with E-state index in [4.69, 9.17) is 0 Å². The van der Waals surface area contributed by atoms with Crippen molar-refractivity contribution in [2.24, 2.45) is 0 Å². The van der Waals surface area contributed by atoms with E-state index in [9.17, 15) is 0 Å². The van der Waals surface area contributed by atoms with Gasteiger partial charge >= 0.3 is 0 Å². The largest absolute Gasteiger partial charge is 0.370 e. The van der Waals surface area contributed by atoms with Crippen LogP contribution in [0.5, 0.6) is 0 Å². The molecule has 2 heteroatoms. The Labute approximate surface area is 96.7 Å². The van der Waals surface area contributed by atoms with E-state index in [1.165, 1.54) is 16.5 Å². The fourth-order valence-corrected chi connectivity index (χ4v) is 1.95. The highest BCUT2D eigenvalue weighted by Gasteiger charge is 2.01. The molecule has 16 heavy (non-hydrogen) atoms. The summed E-state index contributed by atoms with van der Waals surface area (Å²) in [6, 6.07) is 8.55. The highest BCUT2D eigenvalue weighted by Crippen LogP contribution is 2.20. The van der Waals surface area contributed by atoms with Crippen molar-refractivity contribution in [2.45, 2.75) is 27.2 Å². The van der Waals surface area contributed by atoms with Gasteiger partial charge in [-0.25, -0.2) is 4.98 Å². The van der Waals surface area contributed by atoms with Gasteiger partial charge in [-0.15, -0.1) is 0 Å². The van der Waals surface area contributed by atoms with Crippen LogP contribution in [0.25, 0.3) is 10.9 Å². The fraction of sp³-hybridized carbons (Fsp3) is 0.357. The minimum absolute atomic E-state index is 0.973. The number of rotatable bonds is 3. The molecule has 2 rings (SSSR count). The summed E-state index contributed by atoms with van der Waals surface area (Å²) in [6.07, 6.45) is 1.12. The summed E-state index contributed by atoms with van der Waals surface area (Å²) in [6.45, 7) is 7.37. The molecule has 0 saturated carbocycles. The highest BCUT2D eigenvalue weighted by atomic mass is 15.0. The van der Waals surface area contributed by atoms with Crippen molar-refractivity contribution in [3.8, 4) is 0 Å². The highest BCUT2D eigenvalue weighted by molar-refractivity contribution is 5.83. The summed E-state index contributed by atoms with van der Waals surface area (Å²) in [5, 5.41) is 4.54. The molecule has 0 fully saturated rings. The maximum Gasteiger partial charge on any atom is 0.126 e. The van der Waals surface area contributed by atoms with E-state index < -0.39 is 0 Å². The van der Waals surface area contributed by atoms with Crippen molar-refractivity contribution in [3.63, 3.8) is 0 Å². The van der Waals surface area contributed by atoms with Crippen LogP contribution in [0.15, 0.2) is 24.3 Å². The first-order chi connectivity index (χ1) is 7.70. The first-order valence-electron chi connectivity index (χ1n) is 5.82. The number of nitrogens with zero attached hydrogens (tertiary/aromatic N) is 1. The number of aromatic nitrogens is 1. The monoisotopic (exact) mass is 214 g/mol. The van der Waals surface area contributed by atoms with Gasteiger partial charge in [0.2, 0.25) is 0 Å². The van der Waals surface area contributed by atoms with Gasteiger partial charge in [0.15, 0.2) is 0 Å². The SMILES string of the molecule is CCCNc1ccc2cc(C)cc(C)c2n1. The number of benzene rings is 1.